The first-order valence-electron chi connectivity index (χ1n) is 9.60. The van der Waals surface area contributed by atoms with Crippen LogP contribution in [-0.4, -0.2) is 28.4 Å². The molecule has 1 heterocycles. The fraction of sp³-hybridized carbons (Fsp3) is 0.450. The van der Waals surface area contributed by atoms with Gasteiger partial charge in [-0.05, 0) is 36.1 Å². The molecule has 0 aliphatic carbocycles. The molecule has 2 rings (SSSR count). The second-order valence-corrected chi connectivity index (χ2v) is 7.88. The molecule has 0 saturated carbocycles. The van der Waals surface area contributed by atoms with E-state index >= 15 is 0 Å². The van der Waals surface area contributed by atoms with E-state index < -0.39 is 29.3 Å². The fourth-order valence-corrected chi connectivity index (χ4v) is 2.98. The zero-order valence-electron chi connectivity index (χ0n) is 17.6. The number of carbonyl (C=O) groups excluding carboxylic acids is 1. The number of rotatable bonds is 7. The van der Waals surface area contributed by atoms with Crippen LogP contribution < -0.4 is 26.6 Å². The van der Waals surface area contributed by atoms with Crippen molar-refractivity contribution in [2.75, 3.05) is 17.2 Å². The van der Waals surface area contributed by atoms with E-state index in [0.717, 1.165) is 29.2 Å². The molecular formula is C20H25F3N4O4. The van der Waals surface area contributed by atoms with Crippen LogP contribution in [0.15, 0.2) is 33.9 Å². The zero-order chi connectivity index (χ0) is 23.5. The van der Waals surface area contributed by atoms with Crippen molar-refractivity contribution in [2.24, 2.45) is 11.8 Å². The van der Waals surface area contributed by atoms with Crippen molar-refractivity contribution in [2.45, 2.75) is 40.6 Å². The zero-order valence-corrected chi connectivity index (χ0v) is 17.6. The third-order valence-electron chi connectivity index (χ3n) is 4.16. The van der Waals surface area contributed by atoms with E-state index in [0.29, 0.717) is 0 Å². The predicted molar refractivity (Wildman–Crippen MR) is 110 cm³/mol. The first kappa shape index (κ1) is 24.0. The number of aromatic amines is 1. The minimum Gasteiger partial charge on any atom is -0.406 e. The van der Waals surface area contributed by atoms with Crippen LogP contribution in [0.3, 0.4) is 0 Å². The Balaban J connectivity index is 2.53. The molecule has 11 heteroatoms. The normalized spacial score (nSPS) is 11.8. The number of nitrogens with zero attached hydrogens (tertiary/aromatic N) is 2. The summed E-state index contributed by atoms with van der Waals surface area (Å²) in [5.74, 6) is -1.34. The number of nitrogen functional groups attached to an aromatic ring is 1. The van der Waals surface area contributed by atoms with Gasteiger partial charge in [-0.15, -0.1) is 13.2 Å². The molecule has 0 radical (unpaired) electrons. The molecule has 0 saturated heterocycles. The van der Waals surface area contributed by atoms with E-state index in [2.05, 4.69) is 9.72 Å². The smallest absolute Gasteiger partial charge is 0.406 e. The fourth-order valence-electron chi connectivity index (χ4n) is 2.98. The van der Waals surface area contributed by atoms with Gasteiger partial charge in [0.25, 0.3) is 11.5 Å². The maximum Gasteiger partial charge on any atom is 0.573 e. The highest BCUT2D eigenvalue weighted by Crippen LogP contribution is 2.25. The van der Waals surface area contributed by atoms with Gasteiger partial charge in [0.15, 0.2) is 5.69 Å². The minimum atomic E-state index is -4.86. The lowest BCUT2D eigenvalue weighted by atomic mass is 10.1. The molecule has 1 amide bonds. The van der Waals surface area contributed by atoms with Gasteiger partial charge in [-0.25, -0.2) is 4.79 Å². The molecule has 0 bridgehead atoms. The number of aromatic nitrogens is 2. The summed E-state index contributed by atoms with van der Waals surface area (Å²) in [6.45, 7) is 7.66. The molecule has 1 aromatic carbocycles. The summed E-state index contributed by atoms with van der Waals surface area (Å²) in [7, 11) is 0. The summed E-state index contributed by atoms with van der Waals surface area (Å²) >= 11 is 0. The lowest BCUT2D eigenvalue weighted by Crippen LogP contribution is -2.43. The topological polar surface area (TPSA) is 110 Å². The van der Waals surface area contributed by atoms with E-state index in [-0.39, 0.29) is 42.0 Å². The number of anilines is 2. The first-order chi connectivity index (χ1) is 14.3. The van der Waals surface area contributed by atoms with Gasteiger partial charge in [-0.1, -0.05) is 27.7 Å². The van der Waals surface area contributed by atoms with Gasteiger partial charge in [0.2, 0.25) is 0 Å². The van der Waals surface area contributed by atoms with Crippen molar-refractivity contribution in [1.29, 1.82) is 0 Å². The largest absolute Gasteiger partial charge is 0.573 e. The summed E-state index contributed by atoms with van der Waals surface area (Å²) in [5, 5.41) is 0. The number of carbonyl (C=O) groups is 1. The van der Waals surface area contributed by atoms with Gasteiger partial charge in [-0.3, -0.25) is 19.1 Å². The Bertz CT molecular complexity index is 1040. The van der Waals surface area contributed by atoms with Crippen LogP contribution in [0.1, 0.15) is 38.1 Å². The summed E-state index contributed by atoms with van der Waals surface area (Å²) in [5.41, 5.74) is 4.45. The molecule has 1 aromatic heterocycles. The molecule has 170 valence electrons. The van der Waals surface area contributed by atoms with Crippen LogP contribution >= 0.6 is 0 Å². The summed E-state index contributed by atoms with van der Waals surface area (Å²) in [6.07, 6.45) is -4.86. The monoisotopic (exact) mass is 442 g/mol. The van der Waals surface area contributed by atoms with E-state index in [1.807, 2.05) is 27.7 Å². The first-order valence-corrected chi connectivity index (χ1v) is 9.60. The van der Waals surface area contributed by atoms with Crippen LogP contribution in [0.5, 0.6) is 5.75 Å². The van der Waals surface area contributed by atoms with Crippen molar-refractivity contribution in [3.05, 3.63) is 50.7 Å². The highest BCUT2D eigenvalue weighted by atomic mass is 19.4. The number of nitrogens with two attached hydrogens (primary N) is 1. The Morgan fingerprint density at radius 2 is 1.71 bits per heavy atom. The van der Waals surface area contributed by atoms with Crippen LogP contribution in [0.4, 0.5) is 24.7 Å². The number of hydrogen-bond acceptors (Lipinski definition) is 5. The molecule has 0 spiro atoms. The van der Waals surface area contributed by atoms with Crippen molar-refractivity contribution in [3.63, 3.8) is 0 Å². The quantitative estimate of drug-likeness (QED) is 0.685. The molecule has 3 N–H and O–H groups in total. The van der Waals surface area contributed by atoms with Gasteiger partial charge in [0.1, 0.15) is 11.6 Å². The number of halogens is 3. The van der Waals surface area contributed by atoms with Crippen LogP contribution in [0, 0.1) is 11.8 Å². The van der Waals surface area contributed by atoms with Crippen molar-refractivity contribution >= 4 is 17.4 Å². The van der Waals surface area contributed by atoms with E-state index in [1.165, 1.54) is 4.57 Å². The molecule has 31 heavy (non-hydrogen) atoms. The molecule has 0 aliphatic rings. The Hall–Kier alpha value is -3.24. The molecule has 0 atom stereocenters. The predicted octanol–water partition coefficient (Wildman–Crippen LogP) is 2.98. The molecular weight excluding hydrogens is 417 g/mol. The number of amides is 1. The lowest BCUT2D eigenvalue weighted by Gasteiger charge is -2.26. The molecule has 2 aromatic rings. The number of ether oxygens (including phenoxy) is 1. The number of nitrogens with one attached hydrogen (secondary N) is 1. The van der Waals surface area contributed by atoms with Crippen LogP contribution in [0.2, 0.25) is 0 Å². The van der Waals surface area contributed by atoms with Gasteiger partial charge < -0.3 is 15.4 Å². The third-order valence-corrected chi connectivity index (χ3v) is 4.16. The van der Waals surface area contributed by atoms with E-state index in [9.17, 15) is 27.6 Å². The van der Waals surface area contributed by atoms with Crippen molar-refractivity contribution in [1.82, 2.24) is 9.55 Å². The maximum absolute atomic E-state index is 13.2. The minimum absolute atomic E-state index is 0.0237. The van der Waals surface area contributed by atoms with E-state index in [1.54, 1.807) is 0 Å². The SMILES string of the molecule is CC(C)CN(C(=O)c1ccc(OC(F)(F)F)cc1)c1c(N)n(CC(C)C)c(=O)[nH]c1=O. The van der Waals surface area contributed by atoms with Crippen LogP contribution in [-0.2, 0) is 6.54 Å². The Morgan fingerprint density at radius 1 is 1.13 bits per heavy atom. The molecule has 0 aliphatic heterocycles. The van der Waals surface area contributed by atoms with Gasteiger partial charge in [-0.2, -0.15) is 0 Å². The molecule has 0 fully saturated rings. The Labute approximate surface area is 176 Å². The molecule has 8 nitrogen and oxygen atoms in total. The standard InChI is InChI=1S/C20H25F3N4O4/c1-11(2)9-26(15-16(24)27(10-12(3)4)19(30)25-17(15)28)18(29)13-5-7-14(8-6-13)31-20(21,22)23/h5-8,11-12H,9-10,24H2,1-4H3,(H,25,28,30). The second-order valence-electron chi connectivity index (χ2n) is 7.88. The van der Waals surface area contributed by atoms with Gasteiger partial charge in [0, 0.05) is 18.7 Å². The number of H-pyrrole nitrogens is 1. The lowest BCUT2D eigenvalue weighted by molar-refractivity contribution is -0.274. The summed E-state index contributed by atoms with van der Waals surface area (Å²) in [4.78, 5) is 41.3. The Morgan fingerprint density at radius 3 is 2.19 bits per heavy atom. The average Bonchev–Trinajstić information content (AvgIpc) is 2.62. The highest BCUT2D eigenvalue weighted by molar-refractivity contribution is 6.07. The van der Waals surface area contributed by atoms with Gasteiger partial charge >= 0.3 is 12.1 Å². The summed E-state index contributed by atoms with van der Waals surface area (Å²) in [6, 6.07) is 4.32. The maximum atomic E-state index is 13.2. The van der Waals surface area contributed by atoms with Crippen molar-refractivity contribution < 1.29 is 22.7 Å². The number of hydrogen-bond donors (Lipinski definition) is 2. The number of alkyl halides is 3. The van der Waals surface area contributed by atoms with Crippen LogP contribution in [0.25, 0.3) is 0 Å². The third kappa shape index (κ3) is 6.12. The average molecular weight is 442 g/mol. The second kappa shape index (κ2) is 9.27. The summed E-state index contributed by atoms with van der Waals surface area (Å²) < 4.78 is 42.1. The Kier molecular flexibility index (Phi) is 7.19. The highest BCUT2D eigenvalue weighted by Gasteiger charge is 2.31. The molecule has 0 unspecified atom stereocenters. The van der Waals surface area contributed by atoms with E-state index in [4.69, 9.17) is 5.73 Å². The number of benzene rings is 1. The van der Waals surface area contributed by atoms with Gasteiger partial charge in [0.05, 0.1) is 0 Å². The van der Waals surface area contributed by atoms with Crippen molar-refractivity contribution in [3.8, 4) is 5.75 Å².